The number of ether oxygens (including phenoxy) is 2. The first kappa shape index (κ1) is 11.6. The molecule has 4 heteroatoms. The van der Waals surface area contributed by atoms with E-state index in [0.717, 1.165) is 43.4 Å². The van der Waals surface area contributed by atoms with Crippen LogP contribution in [0.4, 0.5) is 5.69 Å². The Bertz CT molecular complexity index is 329. The number of nitrogens with two attached hydrogens (primary N) is 1. The first-order valence-corrected chi connectivity index (χ1v) is 6.57. The second-order valence-electron chi connectivity index (χ2n) is 3.80. The van der Waals surface area contributed by atoms with Crippen LogP contribution >= 0.6 is 11.8 Å². The van der Waals surface area contributed by atoms with Gasteiger partial charge >= 0.3 is 0 Å². The maximum Gasteiger partial charge on any atom is 0.121 e. The molecular weight excluding hydrogens is 222 g/mol. The summed E-state index contributed by atoms with van der Waals surface area (Å²) in [6.07, 6.45) is 1.07. The van der Waals surface area contributed by atoms with Gasteiger partial charge in [-0.1, -0.05) is 6.07 Å². The third-order valence-corrected chi connectivity index (χ3v) is 3.64. The van der Waals surface area contributed by atoms with E-state index in [1.54, 1.807) is 0 Å². The molecule has 0 radical (unpaired) electrons. The summed E-state index contributed by atoms with van der Waals surface area (Å²) in [6, 6.07) is 7.56. The summed E-state index contributed by atoms with van der Waals surface area (Å²) in [5.41, 5.74) is 6.40. The van der Waals surface area contributed by atoms with Gasteiger partial charge in [0.05, 0.1) is 25.1 Å². The van der Waals surface area contributed by atoms with E-state index in [0.29, 0.717) is 5.25 Å². The summed E-state index contributed by atoms with van der Waals surface area (Å²) < 4.78 is 10.7. The maximum absolute atomic E-state index is 5.66. The molecule has 0 bridgehead atoms. The minimum Gasteiger partial charge on any atom is -0.493 e. The predicted octanol–water partition coefficient (Wildman–Crippen LogP) is 2.17. The molecule has 88 valence electrons. The molecular formula is C12H17NO2S. The van der Waals surface area contributed by atoms with Crippen LogP contribution in [0.25, 0.3) is 0 Å². The van der Waals surface area contributed by atoms with E-state index in [-0.39, 0.29) is 0 Å². The molecule has 0 saturated carbocycles. The molecule has 0 atom stereocenters. The molecule has 16 heavy (non-hydrogen) atoms. The molecule has 1 aliphatic heterocycles. The van der Waals surface area contributed by atoms with Crippen molar-refractivity contribution in [3.8, 4) is 5.75 Å². The van der Waals surface area contributed by atoms with E-state index in [4.69, 9.17) is 15.2 Å². The van der Waals surface area contributed by atoms with Crippen molar-refractivity contribution in [2.75, 3.05) is 31.3 Å². The SMILES string of the molecule is Nc1cccc(OCCCSC2COC2)c1. The van der Waals surface area contributed by atoms with Crippen LogP contribution in [0.5, 0.6) is 5.75 Å². The first-order chi connectivity index (χ1) is 7.84. The summed E-state index contributed by atoms with van der Waals surface area (Å²) in [6.45, 7) is 2.59. The Balaban J connectivity index is 1.56. The smallest absolute Gasteiger partial charge is 0.121 e. The summed E-state index contributed by atoms with van der Waals surface area (Å²) in [4.78, 5) is 0. The lowest BCUT2D eigenvalue weighted by atomic mass is 10.3. The highest BCUT2D eigenvalue weighted by Crippen LogP contribution is 2.20. The summed E-state index contributed by atoms with van der Waals surface area (Å²) in [5.74, 6) is 1.99. The van der Waals surface area contributed by atoms with Crippen LogP contribution in [-0.2, 0) is 4.74 Å². The molecule has 3 nitrogen and oxygen atoms in total. The molecule has 0 spiro atoms. The van der Waals surface area contributed by atoms with Crippen molar-refractivity contribution in [1.29, 1.82) is 0 Å². The number of rotatable bonds is 6. The minimum absolute atomic E-state index is 0.715. The van der Waals surface area contributed by atoms with Gasteiger partial charge in [-0.05, 0) is 24.3 Å². The van der Waals surface area contributed by atoms with Gasteiger partial charge in [-0.2, -0.15) is 11.8 Å². The second-order valence-corrected chi connectivity index (χ2v) is 5.21. The fourth-order valence-electron chi connectivity index (χ4n) is 1.41. The molecule has 2 N–H and O–H groups in total. The quantitative estimate of drug-likeness (QED) is 0.610. The Morgan fingerprint density at radius 3 is 3.00 bits per heavy atom. The van der Waals surface area contributed by atoms with Crippen LogP contribution in [-0.4, -0.2) is 30.8 Å². The average molecular weight is 239 g/mol. The van der Waals surface area contributed by atoms with Crippen molar-refractivity contribution in [3.05, 3.63) is 24.3 Å². The Morgan fingerprint density at radius 1 is 1.44 bits per heavy atom. The van der Waals surface area contributed by atoms with Crippen LogP contribution in [0.3, 0.4) is 0 Å². The summed E-state index contributed by atoms with van der Waals surface area (Å²) in [7, 11) is 0. The number of hydrogen-bond acceptors (Lipinski definition) is 4. The van der Waals surface area contributed by atoms with Crippen LogP contribution < -0.4 is 10.5 Å². The summed E-state index contributed by atoms with van der Waals surface area (Å²) >= 11 is 1.97. The highest BCUT2D eigenvalue weighted by molar-refractivity contribution is 8.00. The molecule has 1 fully saturated rings. The number of benzene rings is 1. The first-order valence-electron chi connectivity index (χ1n) is 5.52. The Morgan fingerprint density at radius 2 is 2.31 bits per heavy atom. The van der Waals surface area contributed by atoms with Crippen LogP contribution in [0.1, 0.15) is 6.42 Å². The van der Waals surface area contributed by atoms with Crippen molar-refractivity contribution in [2.45, 2.75) is 11.7 Å². The van der Waals surface area contributed by atoms with E-state index in [9.17, 15) is 0 Å². The third kappa shape index (κ3) is 3.61. The van der Waals surface area contributed by atoms with Gasteiger partial charge in [-0.15, -0.1) is 0 Å². The van der Waals surface area contributed by atoms with Crippen LogP contribution in [0, 0.1) is 0 Å². The third-order valence-electron chi connectivity index (χ3n) is 2.38. The van der Waals surface area contributed by atoms with Gasteiger partial charge in [-0.3, -0.25) is 0 Å². The largest absolute Gasteiger partial charge is 0.493 e. The van der Waals surface area contributed by atoms with Gasteiger partial charge in [0.1, 0.15) is 5.75 Å². The molecule has 0 unspecified atom stereocenters. The zero-order valence-electron chi connectivity index (χ0n) is 9.22. The van der Waals surface area contributed by atoms with Crippen LogP contribution in [0.2, 0.25) is 0 Å². The number of nitrogen functional groups attached to an aromatic ring is 1. The normalized spacial score (nSPS) is 15.8. The maximum atomic E-state index is 5.66. The lowest BCUT2D eigenvalue weighted by Gasteiger charge is -2.25. The number of hydrogen-bond donors (Lipinski definition) is 1. The average Bonchev–Trinajstić information content (AvgIpc) is 2.20. The van der Waals surface area contributed by atoms with E-state index in [1.165, 1.54) is 0 Å². The van der Waals surface area contributed by atoms with E-state index >= 15 is 0 Å². The highest BCUT2D eigenvalue weighted by Gasteiger charge is 2.17. The van der Waals surface area contributed by atoms with Gasteiger partial charge in [-0.25, -0.2) is 0 Å². The second kappa shape index (κ2) is 6.01. The number of thioether (sulfide) groups is 1. The zero-order valence-corrected chi connectivity index (χ0v) is 10.0. The molecule has 1 saturated heterocycles. The van der Waals surface area contributed by atoms with Gasteiger partial charge in [0.15, 0.2) is 0 Å². The van der Waals surface area contributed by atoms with Crippen molar-refractivity contribution >= 4 is 17.4 Å². The molecule has 1 aromatic rings. The van der Waals surface area contributed by atoms with Crippen molar-refractivity contribution in [1.82, 2.24) is 0 Å². The molecule has 0 aliphatic carbocycles. The van der Waals surface area contributed by atoms with Gasteiger partial charge in [0.2, 0.25) is 0 Å². The van der Waals surface area contributed by atoms with Gasteiger partial charge in [0.25, 0.3) is 0 Å². The van der Waals surface area contributed by atoms with Crippen LogP contribution in [0.15, 0.2) is 24.3 Å². The number of anilines is 1. The fourth-order valence-corrected chi connectivity index (χ4v) is 2.42. The van der Waals surface area contributed by atoms with Crippen molar-refractivity contribution < 1.29 is 9.47 Å². The predicted molar refractivity (Wildman–Crippen MR) is 68.0 cm³/mol. The molecule has 1 aliphatic rings. The van der Waals surface area contributed by atoms with Gasteiger partial charge < -0.3 is 15.2 Å². The lowest BCUT2D eigenvalue weighted by Crippen LogP contribution is -2.30. The Kier molecular flexibility index (Phi) is 4.36. The molecule has 0 amide bonds. The van der Waals surface area contributed by atoms with E-state index < -0.39 is 0 Å². The minimum atomic E-state index is 0.715. The van der Waals surface area contributed by atoms with Crippen molar-refractivity contribution in [2.24, 2.45) is 0 Å². The molecule has 1 heterocycles. The molecule has 1 aromatic carbocycles. The Labute approximate surface area is 100 Å². The van der Waals surface area contributed by atoms with E-state index in [1.807, 2.05) is 36.0 Å². The topological polar surface area (TPSA) is 44.5 Å². The molecule has 0 aromatic heterocycles. The van der Waals surface area contributed by atoms with E-state index in [2.05, 4.69) is 0 Å². The molecule has 2 rings (SSSR count). The summed E-state index contributed by atoms with van der Waals surface area (Å²) in [5, 5.41) is 0.715. The van der Waals surface area contributed by atoms with Gasteiger partial charge in [0, 0.05) is 11.8 Å². The lowest BCUT2D eigenvalue weighted by molar-refractivity contribution is 0.0455. The Hall–Kier alpha value is -0.870. The fraction of sp³-hybridized carbons (Fsp3) is 0.500. The highest BCUT2D eigenvalue weighted by atomic mass is 32.2. The van der Waals surface area contributed by atoms with Crippen molar-refractivity contribution in [3.63, 3.8) is 0 Å². The zero-order chi connectivity index (χ0) is 11.2. The standard InChI is InChI=1S/C12H17NO2S/c13-10-3-1-4-11(7-10)15-5-2-6-16-12-8-14-9-12/h1,3-4,7,12H,2,5-6,8-9,13H2. The monoisotopic (exact) mass is 239 g/mol.